The van der Waals surface area contributed by atoms with Crippen LogP contribution in [-0.2, 0) is 16.0 Å². The zero-order valence-corrected chi connectivity index (χ0v) is 18.7. The van der Waals surface area contributed by atoms with Gasteiger partial charge < -0.3 is 0 Å². The standard InChI is InChI=1S/C23H24IN3O2/c1-29-14-17-12-24(15-26-17)22-11-21-20-8-4-7-18(16-5-2-3-6-16)19(20)9-10-27(21)23(28)13-25-22/h4-5,7-8,11-12,15H,2-3,6,9-10,13-14H2,1H3. The Balaban J connectivity index is 1.56. The van der Waals surface area contributed by atoms with E-state index in [9.17, 15) is 4.79 Å². The first kappa shape index (κ1) is 18.9. The van der Waals surface area contributed by atoms with Gasteiger partial charge in [-0.1, -0.05) is 0 Å². The van der Waals surface area contributed by atoms with E-state index in [1.807, 2.05) is 4.90 Å². The van der Waals surface area contributed by atoms with Gasteiger partial charge in [-0.15, -0.1) is 0 Å². The molecule has 0 fully saturated rings. The van der Waals surface area contributed by atoms with Crippen LogP contribution in [0.1, 0.15) is 36.0 Å². The molecule has 0 unspecified atom stereocenters. The molecule has 0 aromatic heterocycles. The predicted molar refractivity (Wildman–Crippen MR) is 126 cm³/mol. The molecule has 0 radical (unpaired) electrons. The molecule has 5 rings (SSSR count). The number of methoxy groups -OCH3 is 1. The summed E-state index contributed by atoms with van der Waals surface area (Å²) in [4.78, 5) is 24.0. The molecule has 0 spiro atoms. The van der Waals surface area contributed by atoms with E-state index in [0.717, 1.165) is 34.5 Å². The number of allylic oxidation sites excluding steroid dienone is 3. The van der Waals surface area contributed by atoms with E-state index in [4.69, 9.17) is 9.73 Å². The number of aliphatic imine (C=N–C) groups is 2. The molecule has 0 saturated heterocycles. The van der Waals surface area contributed by atoms with Crippen molar-refractivity contribution in [1.82, 2.24) is 4.90 Å². The van der Waals surface area contributed by atoms with Gasteiger partial charge in [-0.25, -0.2) is 0 Å². The molecule has 5 nitrogen and oxygen atoms in total. The second kappa shape index (κ2) is 7.99. The molecule has 1 amide bonds. The molecule has 1 aliphatic carbocycles. The van der Waals surface area contributed by atoms with Crippen molar-refractivity contribution < 1.29 is 9.53 Å². The van der Waals surface area contributed by atoms with Crippen LogP contribution in [0, 0.1) is 0 Å². The van der Waals surface area contributed by atoms with Crippen molar-refractivity contribution in [2.75, 3.05) is 26.8 Å². The predicted octanol–water partition coefficient (Wildman–Crippen LogP) is 4.43. The monoisotopic (exact) mass is 501 g/mol. The Hall–Kier alpha value is -2.06. The van der Waals surface area contributed by atoms with Crippen molar-refractivity contribution in [1.29, 1.82) is 0 Å². The maximum absolute atomic E-state index is 12.8. The number of nitrogens with zero attached hydrogens (tertiary/aromatic N) is 3. The van der Waals surface area contributed by atoms with Crippen molar-refractivity contribution in [3.8, 4) is 0 Å². The summed E-state index contributed by atoms with van der Waals surface area (Å²) in [7, 11) is 1.69. The number of rotatable bonds is 4. The Labute approximate surface area is 178 Å². The van der Waals surface area contributed by atoms with Crippen molar-refractivity contribution >= 4 is 44.9 Å². The van der Waals surface area contributed by atoms with E-state index < -0.39 is 19.8 Å². The van der Waals surface area contributed by atoms with Crippen LogP contribution >= 0.6 is 19.8 Å². The molecule has 3 heterocycles. The van der Waals surface area contributed by atoms with Gasteiger partial charge in [0.25, 0.3) is 0 Å². The molecule has 6 heteroatoms. The fourth-order valence-corrected chi connectivity index (χ4v) is 8.12. The van der Waals surface area contributed by atoms with E-state index in [1.165, 1.54) is 35.1 Å². The number of amides is 1. The third-order valence-electron chi connectivity index (χ3n) is 5.72. The second-order valence-corrected chi connectivity index (χ2v) is 11.8. The third-order valence-corrected chi connectivity index (χ3v) is 9.91. The topological polar surface area (TPSA) is 54.3 Å². The van der Waals surface area contributed by atoms with Crippen molar-refractivity contribution in [2.24, 2.45) is 9.98 Å². The Morgan fingerprint density at radius 1 is 1.24 bits per heavy atom. The number of hydrogen-bond donors (Lipinski definition) is 0. The summed E-state index contributed by atoms with van der Waals surface area (Å²) in [5, 5.41) is 0. The summed E-state index contributed by atoms with van der Waals surface area (Å²) in [5.74, 6) is 0.0930. The third kappa shape index (κ3) is 3.53. The normalized spacial score (nSPS) is 21.9. The van der Waals surface area contributed by atoms with Gasteiger partial charge in [-0.3, -0.25) is 0 Å². The Bertz CT molecular complexity index is 1020. The molecule has 0 atom stereocenters. The first-order valence-electron chi connectivity index (χ1n) is 10.0. The van der Waals surface area contributed by atoms with Crippen LogP contribution in [0.4, 0.5) is 0 Å². The first-order valence-corrected chi connectivity index (χ1v) is 13.6. The minimum atomic E-state index is -1.77. The van der Waals surface area contributed by atoms with Crippen molar-refractivity contribution in [3.63, 3.8) is 0 Å². The summed E-state index contributed by atoms with van der Waals surface area (Å²) < 4.78 is 10.5. The average molecular weight is 501 g/mol. The quantitative estimate of drug-likeness (QED) is 0.574. The second-order valence-electron chi connectivity index (χ2n) is 7.52. The number of ether oxygens (including phenoxy) is 1. The molecular weight excluding hydrogens is 477 g/mol. The Morgan fingerprint density at radius 2 is 2.14 bits per heavy atom. The molecule has 1 aromatic carbocycles. The van der Waals surface area contributed by atoms with Crippen LogP contribution < -0.4 is 0 Å². The minimum absolute atomic E-state index is 0.0930. The van der Waals surface area contributed by atoms with Crippen LogP contribution in [0.2, 0.25) is 0 Å². The van der Waals surface area contributed by atoms with Crippen molar-refractivity contribution in [3.05, 3.63) is 56.8 Å². The molecule has 4 aliphatic rings. The van der Waals surface area contributed by atoms with Crippen LogP contribution in [0.5, 0.6) is 0 Å². The molecule has 0 N–H and O–H groups in total. The van der Waals surface area contributed by atoms with Gasteiger partial charge in [0.2, 0.25) is 0 Å². The maximum atomic E-state index is 12.8. The number of hydrogen-bond acceptors (Lipinski definition) is 4. The summed E-state index contributed by atoms with van der Waals surface area (Å²) in [5.41, 5.74) is 7.42. The van der Waals surface area contributed by atoms with Gasteiger partial charge in [0.05, 0.1) is 0 Å². The zero-order chi connectivity index (χ0) is 19.8. The van der Waals surface area contributed by atoms with Crippen LogP contribution in [-0.4, -0.2) is 45.6 Å². The number of benzene rings is 1. The van der Waals surface area contributed by atoms with Gasteiger partial charge in [0.1, 0.15) is 0 Å². The van der Waals surface area contributed by atoms with Gasteiger partial charge in [-0.2, -0.15) is 0 Å². The van der Waals surface area contributed by atoms with Gasteiger partial charge in [0, 0.05) is 0 Å². The molecule has 150 valence electrons. The average Bonchev–Trinajstić information content (AvgIpc) is 3.40. The molecule has 0 saturated carbocycles. The SMILES string of the molecule is COCC1=CI(C2=NCC(=O)N3CCc4c(C5=CCCC5)cccc4C3=C2)C=N1. The molecule has 1 aromatic rings. The number of carbonyl (C=O) groups is 1. The number of halogens is 1. The fourth-order valence-electron chi connectivity index (χ4n) is 4.37. The first-order chi connectivity index (χ1) is 14.2. The molecule has 29 heavy (non-hydrogen) atoms. The van der Waals surface area contributed by atoms with E-state index >= 15 is 0 Å². The summed E-state index contributed by atoms with van der Waals surface area (Å²) in [6, 6.07) is 6.55. The van der Waals surface area contributed by atoms with E-state index in [0.29, 0.717) is 6.61 Å². The number of fused-ring (bicyclic) bond motifs is 3. The van der Waals surface area contributed by atoms with Crippen LogP contribution in [0.3, 0.4) is 0 Å². The number of carbonyl (C=O) groups excluding carboxylic acids is 1. The van der Waals surface area contributed by atoms with E-state index in [2.05, 4.69) is 43.6 Å². The van der Waals surface area contributed by atoms with Gasteiger partial charge in [-0.05, 0) is 0 Å². The van der Waals surface area contributed by atoms with E-state index in [1.54, 1.807) is 7.11 Å². The fraction of sp³-hybridized carbons (Fsp3) is 0.348. The zero-order valence-electron chi connectivity index (χ0n) is 16.5. The van der Waals surface area contributed by atoms with Crippen molar-refractivity contribution in [2.45, 2.75) is 25.7 Å². The van der Waals surface area contributed by atoms with Gasteiger partial charge >= 0.3 is 179 Å². The van der Waals surface area contributed by atoms with E-state index in [-0.39, 0.29) is 12.5 Å². The summed E-state index contributed by atoms with van der Waals surface area (Å²) in [6.07, 6.45) is 9.03. The summed E-state index contributed by atoms with van der Waals surface area (Å²) >= 11 is -1.77. The molecule has 3 aliphatic heterocycles. The summed E-state index contributed by atoms with van der Waals surface area (Å²) in [6.45, 7) is 1.49. The molecular formula is C23H24IN3O2. The van der Waals surface area contributed by atoms with Crippen LogP contribution in [0.15, 0.2) is 50.1 Å². The molecule has 0 bridgehead atoms. The Morgan fingerprint density at radius 3 is 2.97 bits per heavy atom. The van der Waals surface area contributed by atoms with Gasteiger partial charge in [0.15, 0.2) is 0 Å². The van der Waals surface area contributed by atoms with Crippen LogP contribution in [0.25, 0.3) is 11.3 Å². The Kier molecular flexibility index (Phi) is 5.22.